The lowest BCUT2D eigenvalue weighted by Gasteiger charge is -1.99. The molecule has 0 fully saturated rings. The maximum Gasteiger partial charge on any atom is 0.0463 e. The van der Waals surface area contributed by atoms with E-state index >= 15 is 0 Å². The van der Waals surface area contributed by atoms with Crippen molar-refractivity contribution in [2.24, 2.45) is 5.73 Å². The standard InChI is InChI=1S/C9H8ClN/c1-2-7-3-4-8(6-11)9(10)5-7/h1,3-5H,6,11H2. The molecule has 0 unspecified atom stereocenters. The molecule has 0 saturated carbocycles. The Morgan fingerprint density at radius 1 is 1.55 bits per heavy atom. The van der Waals surface area contributed by atoms with Crippen molar-refractivity contribution >= 4 is 11.6 Å². The minimum absolute atomic E-state index is 0.448. The summed E-state index contributed by atoms with van der Waals surface area (Å²) < 4.78 is 0. The third-order valence-corrected chi connectivity index (χ3v) is 1.79. The summed E-state index contributed by atoms with van der Waals surface area (Å²) >= 11 is 5.83. The molecular weight excluding hydrogens is 158 g/mol. The summed E-state index contributed by atoms with van der Waals surface area (Å²) in [5.41, 5.74) is 7.11. The average Bonchev–Trinajstić information content (AvgIpc) is 2.04. The number of hydrogen-bond donors (Lipinski definition) is 1. The van der Waals surface area contributed by atoms with Crippen LogP contribution in [0.2, 0.25) is 5.02 Å². The molecule has 0 saturated heterocycles. The van der Waals surface area contributed by atoms with Crippen LogP contribution in [0, 0.1) is 12.3 Å². The third-order valence-electron chi connectivity index (χ3n) is 1.44. The summed E-state index contributed by atoms with van der Waals surface area (Å²) in [7, 11) is 0. The highest BCUT2D eigenvalue weighted by Crippen LogP contribution is 2.16. The van der Waals surface area contributed by atoms with Crippen molar-refractivity contribution in [3.63, 3.8) is 0 Å². The van der Waals surface area contributed by atoms with Crippen LogP contribution in [-0.4, -0.2) is 0 Å². The highest BCUT2D eigenvalue weighted by molar-refractivity contribution is 6.31. The zero-order valence-electron chi connectivity index (χ0n) is 5.97. The Kier molecular flexibility index (Phi) is 2.53. The molecule has 0 bridgehead atoms. The van der Waals surface area contributed by atoms with Gasteiger partial charge in [-0.15, -0.1) is 6.42 Å². The molecule has 1 rings (SSSR count). The molecule has 0 aliphatic heterocycles. The average molecular weight is 166 g/mol. The van der Waals surface area contributed by atoms with E-state index < -0.39 is 0 Å². The Morgan fingerprint density at radius 2 is 2.27 bits per heavy atom. The minimum Gasteiger partial charge on any atom is -0.326 e. The second kappa shape index (κ2) is 3.43. The van der Waals surface area contributed by atoms with E-state index in [1.165, 1.54) is 0 Å². The van der Waals surface area contributed by atoms with Crippen molar-refractivity contribution < 1.29 is 0 Å². The fourth-order valence-corrected chi connectivity index (χ4v) is 1.06. The van der Waals surface area contributed by atoms with E-state index in [2.05, 4.69) is 5.92 Å². The van der Waals surface area contributed by atoms with Gasteiger partial charge >= 0.3 is 0 Å². The molecule has 56 valence electrons. The van der Waals surface area contributed by atoms with Gasteiger partial charge in [-0.2, -0.15) is 0 Å². The maximum atomic E-state index is 5.83. The van der Waals surface area contributed by atoms with Gasteiger partial charge in [0.1, 0.15) is 0 Å². The fourth-order valence-electron chi connectivity index (χ4n) is 0.803. The van der Waals surface area contributed by atoms with Crippen LogP contribution in [-0.2, 0) is 6.54 Å². The summed E-state index contributed by atoms with van der Waals surface area (Å²) in [6.07, 6.45) is 5.17. The van der Waals surface area contributed by atoms with Crippen LogP contribution in [0.15, 0.2) is 18.2 Å². The lowest BCUT2D eigenvalue weighted by Crippen LogP contribution is -1.96. The molecular formula is C9H8ClN. The predicted molar refractivity (Wildman–Crippen MR) is 47.3 cm³/mol. The lowest BCUT2D eigenvalue weighted by atomic mass is 10.1. The molecule has 0 spiro atoms. The monoisotopic (exact) mass is 165 g/mol. The van der Waals surface area contributed by atoms with E-state index in [-0.39, 0.29) is 0 Å². The Bertz CT molecular complexity index is 299. The van der Waals surface area contributed by atoms with E-state index in [0.717, 1.165) is 11.1 Å². The second-order valence-corrected chi connectivity index (χ2v) is 2.56. The first-order valence-electron chi connectivity index (χ1n) is 3.23. The van der Waals surface area contributed by atoms with Crippen LogP contribution in [0.1, 0.15) is 11.1 Å². The number of halogens is 1. The lowest BCUT2D eigenvalue weighted by molar-refractivity contribution is 1.07. The third kappa shape index (κ3) is 1.74. The van der Waals surface area contributed by atoms with E-state index in [0.29, 0.717) is 11.6 Å². The maximum absolute atomic E-state index is 5.83. The highest BCUT2D eigenvalue weighted by Gasteiger charge is 1.97. The zero-order valence-corrected chi connectivity index (χ0v) is 6.73. The van der Waals surface area contributed by atoms with Gasteiger partial charge in [0.25, 0.3) is 0 Å². The smallest absolute Gasteiger partial charge is 0.0463 e. The van der Waals surface area contributed by atoms with Gasteiger partial charge in [-0.25, -0.2) is 0 Å². The molecule has 0 radical (unpaired) electrons. The summed E-state index contributed by atoms with van der Waals surface area (Å²) in [4.78, 5) is 0. The largest absolute Gasteiger partial charge is 0.326 e. The molecule has 0 atom stereocenters. The van der Waals surface area contributed by atoms with Crippen molar-refractivity contribution in [1.29, 1.82) is 0 Å². The number of benzene rings is 1. The normalized spacial score (nSPS) is 9.18. The zero-order chi connectivity index (χ0) is 8.27. The Labute approximate surface area is 71.2 Å². The SMILES string of the molecule is C#Cc1ccc(CN)c(Cl)c1. The van der Waals surface area contributed by atoms with Gasteiger partial charge in [-0.1, -0.05) is 23.6 Å². The Balaban J connectivity index is 3.12. The molecule has 0 aromatic heterocycles. The molecule has 0 heterocycles. The first kappa shape index (κ1) is 8.13. The fraction of sp³-hybridized carbons (Fsp3) is 0.111. The molecule has 0 amide bonds. The summed E-state index contributed by atoms with van der Waals surface area (Å²) in [5.74, 6) is 2.49. The van der Waals surface area contributed by atoms with Crippen molar-refractivity contribution in [3.05, 3.63) is 34.3 Å². The first-order chi connectivity index (χ1) is 5.27. The highest BCUT2D eigenvalue weighted by atomic mass is 35.5. The summed E-state index contributed by atoms with van der Waals surface area (Å²) in [6, 6.07) is 5.41. The van der Waals surface area contributed by atoms with Gasteiger partial charge in [0.05, 0.1) is 0 Å². The van der Waals surface area contributed by atoms with Gasteiger partial charge in [0, 0.05) is 17.1 Å². The van der Waals surface area contributed by atoms with Crippen molar-refractivity contribution in [2.75, 3.05) is 0 Å². The van der Waals surface area contributed by atoms with Gasteiger partial charge in [0.2, 0.25) is 0 Å². The van der Waals surface area contributed by atoms with Crippen LogP contribution in [0.25, 0.3) is 0 Å². The van der Waals surface area contributed by atoms with Crippen LogP contribution >= 0.6 is 11.6 Å². The molecule has 1 nitrogen and oxygen atoms in total. The molecule has 11 heavy (non-hydrogen) atoms. The molecule has 1 aromatic rings. The quantitative estimate of drug-likeness (QED) is 0.631. The van der Waals surface area contributed by atoms with Crippen LogP contribution in [0.3, 0.4) is 0 Å². The minimum atomic E-state index is 0.448. The van der Waals surface area contributed by atoms with Crippen molar-refractivity contribution in [2.45, 2.75) is 6.54 Å². The number of rotatable bonds is 1. The summed E-state index contributed by atoms with van der Waals surface area (Å²) in [6.45, 7) is 0.448. The van der Waals surface area contributed by atoms with Crippen LogP contribution < -0.4 is 5.73 Å². The van der Waals surface area contributed by atoms with E-state index in [9.17, 15) is 0 Å². The number of terminal acetylenes is 1. The number of nitrogens with two attached hydrogens (primary N) is 1. The van der Waals surface area contributed by atoms with Gasteiger partial charge in [-0.3, -0.25) is 0 Å². The first-order valence-corrected chi connectivity index (χ1v) is 3.61. The Hall–Kier alpha value is -0.970. The van der Waals surface area contributed by atoms with Gasteiger partial charge in [0.15, 0.2) is 0 Å². The Morgan fingerprint density at radius 3 is 2.73 bits per heavy atom. The van der Waals surface area contributed by atoms with E-state index in [4.69, 9.17) is 23.8 Å². The van der Waals surface area contributed by atoms with Gasteiger partial charge < -0.3 is 5.73 Å². The molecule has 0 aliphatic rings. The molecule has 2 heteroatoms. The van der Waals surface area contributed by atoms with Crippen molar-refractivity contribution in [3.8, 4) is 12.3 Å². The van der Waals surface area contributed by atoms with E-state index in [1.807, 2.05) is 12.1 Å². The summed E-state index contributed by atoms with van der Waals surface area (Å²) in [5, 5.41) is 0.642. The molecule has 2 N–H and O–H groups in total. The van der Waals surface area contributed by atoms with E-state index in [1.54, 1.807) is 6.07 Å². The van der Waals surface area contributed by atoms with Crippen LogP contribution in [0.5, 0.6) is 0 Å². The molecule has 0 aliphatic carbocycles. The van der Waals surface area contributed by atoms with Crippen molar-refractivity contribution in [1.82, 2.24) is 0 Å². The second-order valence-electron chi connectivity index (χ2n) is 2.15. The number of hydrogen-bond acceptors (Lipinski definition) is 1. The molecule has 1 aromatic carbocycles. The topological polar surface area (TPSA) is 26.0 Å². The van der Waals surface area contributed by atoms with Gasteiger partial charge in [-0.05, 0) is 17.7 Å². The predicted octanol–water partition coefficient (Wildman–Crippen LogP) is 1.78. The van der Waals surface area contributed by atoms with Crippen LogP contribution in [0.4, 0.5) is 0 Å².